The molecular formula is C17H17N5OS. The number of rotatable bonds is 5. The normalized spacial score (nSPS) is 10.5. The Kier molecular flexibility index (Phi) is 4.81. The number of benzene rings is 2. The van der Waals surface area contributed by atoms with Crippen LogP contribution >= 0.6 is 11.8 Å². The lowest BCUT2D eigenvalue weighted by atomic mass is 10.2. The zero-order valence-corrected chi connectivity index (χ0v) is 14.0. The maximum Gasteiger partial charge on any atom is 0.234 e. The van der Waals surface area contributed by atoms with E-state index in [4.69, 9.17) is 5.73 Å². The average molecular weight is 339 g/mol. The molecule has 6 nitrogen and oxygen atoms in total. The van der Waals surface area contributed by atoms with E-state index in [2.05, 4.69) is 15.5 Å². The van der Waals surface area contributed by atoms with E-state index < -0.39 is 0 Å². The van der Waals surface area contributed by atoms with Crippen LogP contribution in [0.3, 0.4) is 0 Å². The summed E-state index contributed by atoms with van der Waals surface area (Å²) in [7, 11) is 0. The van der Waals surface area contributed by atoms with Crippen molar-refractivity contribution in [2.24, 2.45) is 0 Å². The molecule has 0 saturated heterocycles. The van der Waals surface area contributed by atoms with Crippen molar-refractivity contribution >= 4 is 29.3 Å². The molecule has 122 valence electrons. The summed E-state index contributed by atoms with van der Waals surface area (Å²) in [4.78, 5) is 12.1. The highest BCUT2D eigenvalue weighted by molar-refractivity contribution is 7.99. The van der Waals surface area contributed by atoms with E-state index >= 15 is 0 Å². The molecule has 0 aliphatic carbocycles. The maximum atomic E-state index is 12.1. The summed E-state index contributed by atoms with van der Waals surface area (Å²) in [6, 6.07) is 17.2. The molecule has 0 bridgehead atoms. The van der Waals surface area contributed by atoms with Gasteiger partial charge in [-0.3, -0.25) is 9.36 Å². The summed E-state index contributed by atoms with van der Waals surface area (Å²) in [6.45, 7) is 1.98. The van der Waals surface area contributed by atoms with Gasteiger partial charge in [-0.15, -0.1) is 10.2 Å². The fourth-order valence-corrected chi connectivity index (χ4v) is 3.00. The number of carbonyl (C=O) groups excluding carboxylic acids is 1. The van der Waals surface area contributed by atoms with E-state index in [0.29, 0.717) is 11.1 Å². The first-order valence-electron chi connectivity index (χ1n) is 7.39. The Labute approximate surface area is 144 Å². The number of nitrogens with zero attached hydrogens (tertiary/aromatic N) is 3. The van der Waals surface area contributed by atoms with Crippen LogP contribution in [0.5, 0.6) is 0 Å². The molecule has 7 heteroatoms. The summed E-state index contributed by atoms with van der Waals surface area (Å²) in [5.74, 6) is 0.411. The van der Waals surface area contributed by atoms with Crippen LogP contribution in [0.4, 0.5) is 11.6 Å². The number of nitrogens with two attached hydrogens (primary N) is 1. The lowest BCUT2D eigenvalue weighted by molar-refractivity contribution is -0.113. The second-order valence-corrected chi connectivity index (χ2v) is 6.16. The molecule has 0 aliphatic rings. The summed E-state index contributed by atoms with van der Waals surface area (Å²) in [5.41, 5.74) is 8.63. The third kappa shape index (κ3) is 3.75. The van der Waals surface area contributed by atoms with Crippen LogP contribution in [-0.2, 0) is 4.79 Å². The van der Waals surface area contributed by atoms with Crippen molar-refractivity contribution in [2.75, 3.05) is 16.8 Å². The summed E-state index contributed by atoms with van der Waals surface area (Å²) < 4.78 is 1.73. The first-order valence-corrected chi connectivity index (χ1v) is 8.37. The van der Waals surface area contributed by atoms with Crippen molar-refractivity contribution in [1.82, 2.24) is 14.8 Å². The zero-order chi connectivity index (χ0) is 16.9. The second-order valence-electron chi connectivity index (χ2n) is 5.22. The molecule has 3 N–H and O–H groups in total. The number of carbonyl (C=O) groups is 1. The van der Waals surface area contributed by atoms with Crippen molar-refractivity contribution in [1.29, 1.82) is 0 Å². The van der Waals surface area contributed by atoms with E-state index in [-0.39, 0.29) is 11.7 Å². The highest BCUT2D eigenvalue weighted by Gasteiger charge is 2.13. The predicted molar refractivity (Wildman–Crippen MR) is 96.3 cm³/mol. The van der Waals surface area contributed by atoms with Gasteiger partial charge in [0.05, 0.1) is 11.4 Å². The number of thioether (sulfide) groups is 1. The van der Waals surface area contributed by atoms with Gasteiger partial charge in [-0.05, 0) is 36.8 Å². The summed E-state index contributed by atoms with van der Waals surface area (Å²) in [6.07, 6.45) is 0. The van der Waals surface area contributed by atoms with Gasteiger partial charge in [0.1, 0.15) is 0 Å². The van der Waals surface area contributed by atoms with Crippen molar-refractivity contribution in [3.05, 3.63) is 60.2 Å². The third-order valence-corrected chi connectivity index (χ3v) is 4.24. The highest BCUT2D eigenvalue weighted by atomic mass is 32.2. The minimum absolute atomic E-state index is 0.105. The van der Waals surface area contributed by atoms with Crippen LogP contribution < -0.4 is 11.1 Å². The predicted octanol–water partition coefficient (Wildman–Crippen LogP) is 2.89. The molecular weight excluding hydrogens is 322 g/mol. The van der Waals surface area contributed by atoms with Crippen molar-refractivity contribution in [2.45, 2.75) is 12.1 Å². The van der Waals surface area contributed by atoms with Gasteiger partial charge in [0, 0.05) is 5.69 Å². The Bertz CT molecular complexity index is 847. The Morgan fingerprint density at radius 3 is 2.71 bits per heavy atom. The maximum absolute atomic E-state index is 12.1. The molecule has 0 fully saturated rings. The minimum atomic E-state index is -0.105. The van der Waals surface area contributed by atoms with E-state index in [0.717, 1.165) is 16.9 Å². The second kappa shape index (κ2) is 7.18. The molecule has 0 atom stereocenters. The molecule has 1 heterocycles. The van der Waals surface area contributed by atoms with Gasteiger partial charge in [0.25, 0.3) is 0 Å². The standard InChI is InChI=1S/C17H17N5OS/c1-12-6-5-7-13(10-12)19-15(23)11-24-17-21-20-16(18)22(17)14-8-3-2-4-9-14/h2-10H,11H2,1H3,(H2,18,20)(H,19,23). The number of hydrogen-bond donors (Lipinski definition) is 2. The Morgan fingerprint density at radius 2 is 1.96 bits per heavy atom. The molecule has 3 aromatic rings. The lowest BCUT2D eigenvalue weighted by Crippen LogP contribution is -2.14. The van der Waals surface area contributed by atoms with E-state index in [1.165, 1.54) is 11.8 Å². The van der Waals surface area contributed by atoms with Gasteiger partial charge >= 0.3 is 0 Å². The molecule has 24 heavy (non-hydrogen) atoms. The fraction of sp³-hybridized carbons (Fsp3) is 0.118. The highest BCUT2D eigenvalue weighted by Crippen LogP contribution is 2.23. The molecule has 0 unspecified atom stereocenters. The number of hydrogen-bond acceptors (Lipinski definition) is 5. The number of aromatic nitrogens is 3. The number of anilines is 2. The molecule has 0 radical (unpaired) electrons. The summed E-state index contributed by atoms with van der Waals surface area (Å²) >= 11 is 1.29. The third-order valence-electron chi connectivity index (χ3n) is 3.31. The van der Waals surface area contributed by atoms with Gasteiger partial charge in [-0.1, -0.05) is 42.1 Å². The van der Waals surface area contributed by atoms with Gasteiger partial charge in [-0.2, -0.15) is 0 Å². The van der Waals surface area contributed by atoms with Crippen LogP contribution in [0, 0.1) is 6.92 Å². The quantitative estimate of drug-likeness (QED) is 0.698. The van der Waals surface area contributed by atoms with Crippen LogP contribution in [0.2, 0.25) is 0 Å². The number of aryl methyl sites for hydroxylation is 1. The Morgan fingerprint density at radius 1 is 1.17 bits per heavy atom. The first kappa shape index (κ1) is 16.1. The van der Waals surface area contributed by atoms with Gasteiger partial charge in [-0.25, -0.2) is 0 Å². The SMILES string of the molecule is Cc1cccc(NC(=O)CSc2nnc(N)n2-c2ccccc2)c1. The lowest BCUT2D eigenvalue weighted by Gasteiger charge is -2.08. The van der Waals surface area contributed by atoms with Crippen LogP contribution in [0.15, 0.2) is 59.8 Å². The van der Waals surface area contributed by atoms with E-state index in [9.17, 15) is 4.79 Å². The Balaban J connectivity index is 1.68. The van der Waals surface area contributed by atoms with Crippen LogP contribution in [0.1, 0.15) is 5.56 Å². The zero-order valence-electron chi connectivity index (χ0n) is 13.1. The number of para-hydroxylation sites is 1. The van der Waals surface area contributed by atoms with Crippen molar-refractivity contribution in [3.63, 3.8) is 0 Å². The summed E-state index contributed by atoms with van der Waals surface area (Å²) in [5, 5.41) is 11.4. The Hall–Kier alpha value is -2.80. The van der Waals surface area contributed by atoms with Crippen molar-refractivity contribution < 1.29 is 4.79 Å². The number of nitrogens with one attached hydrogen (secondary N) is 1. The molecule has 2 aromatic carbocycles. The smallest absolute Gasteiger partial charge is 0.234 e. The van der Waals surface area contributed by atoms with Crippen molar-refractivity contribution in [3.8, 4) is 5.69 Å². The molecule has 0 spiro atoms. The minimum Gasteiger partial charge on any atom is -0.368 e. The molecule has 3 rings (SSSR count). The fourth-order valence-electron chi connectivity index (χ4n) is 2.24. The largest absolute Gasteiger partial charge is 0.368 e. The number of amides is 1. The van der Waals surface area contributed by atoms with Crippen LogP contribution in [-0.4, -0.2) is 26.4 Å². The molecule has 1 amide bonds. The molecule has 1 aromatic heterocycles. The van der Waals surface area contributed by atoms with E-state index in [1.807, 2.05) is 61.5 Å². The average Bonchev–Trinajstić information content (AvgIpc) is 2.94. The van der Waals surface area contributed by atoms with Gasteiger partial charge in [0.2, 0.25) is 11.9 Å². The monoisotopic (exact) mass is 339 g/mol. The van der Waals surface area contributed by atoms with Crippen LogP contribution in [0.25, 0.3) is 5.69 Å². The first-order chi connectivity index (χ1) is 11.6. The molecule has 0 aliphatic heterocycles. The topological polar surface area (TPSA) is 85.8 Å². The molecule has 0 saturated carbocycles. The van der Waals surface area contributed by atoms with Gasteiger partial charge in [0.15, 0.2) is 5.16 Å². The number of nitrogen functional groups attached to an aromatic ring is 1. The van der Waals surface area contributed by atoms with Gasteiger partial charge < -0.3 is 11.1 Å². The van der Waals surface area contributed by atoms with E-state index in [1.54, 1.807) is 4.57 Å².